The van der Waals surface area contributed by atoms with Crippen LogP contribution in [0.3, 0.4) is 0 Å². The zero-order valence-electron chi connectivity index (χ0n) is 15.6. The summed E-state index contributed by atoms with van der Waals surface area (Å²) in [6.07, 6.45) is 5.81. The van der Waals surface area contributed by atoms with E-state index in [2.05, 4.69) is 41.5 Å². The van der Waals surface area contributed by atoms with Crippen LogP contribution in [-0.2, 0) is 4.79 Å². The molecule has 6 nitrogen and oxygen atoms in total. The lowest BCUT2D eigenvalue weighted by Crippen LogP contribution is -2.31. The van der Waals surface area contributed by atoms with E-state index in [4.69, 9.17) is 4.98 Å². The van der Waals surface area contributed by atoms with E-state index in [9.17, 15) is 4.79 Å². The summed E-state index contributed by atoms with van der Waals surface area (Å²) in [6, 6.07) is 8.28. The van der Waals surface area contributed by atoms with Gasteiger partial charge in [-0.25, -0.2) is 4.98 Å². The number of nitrogens with zero attached hydrogens (tertiary/aromatic N) is 4. The topological polar surface area (TPSA) is 62.5 Å². The van der Waals surface area contributed by atoms with E-state index in [1.54, 1.807) is 12.4 Å². The number of carbonyl (C=O) groups is 1. The summed E-state index contributed by atoms with van der Waals surface area (Å²) < 4.78 is 1.98. The normalized spacial score (nSPS) is 10.9. The van der Waals surface area contributed by atoms with Gasteiger partial charge in [0, 0.05) is 44.0 Å². The molecule has 1 amide bonds. The first-order valence-electron chi connectivity index (χ1n) is 9.04. The predicted octanol–water partition coefficient (Wildman–Crippen LogP) is 3.38. The second kappa shape index (κ2) is 7.99. The summed E-state index contributed by atoms with van der Waals surface area (Å²) in [5.74, 6) is 1.05. The van der Waals surface area contributed by atoms with Gasteiger partial charge >= 0.3 is 0 Å². The Bertz CT molecular complexity index is 881. The van der Waals surface area contributed by atoms with E-state index in [0.29, 0.717) is 13.0 Å². The first-order chi connectivity index (χ1) is 12.6. The second-order valence-corrected chi connectivity index (χ2v) is 6.22. The fourth-order valence-corrected chi connectivity index (χ4v) is 3.01. The maximum atomic E-state index is 12.2. The van der Waals surface area contributed by atoms with Crippen LogP contribution in [0.4, 0.5) is 5.82 Å². The SMILES string of the molecule is CCN(CC)C(=O)CCNc1c(-c2ccc(C)cc2)nc2cnccn12. The van der Waals surface area contributed by atoms with E-state index in [1.807, 2.05) is 29.3 Å². The van der Waals surface area contributed by atoms with E-state index < -0.39 is 0 Å². The van der Waals surface area contributed by atoms with Crippen molar-refractivity contribution in [2.24, 2.45) is 0 Å². The van der Waals surface area contributed by atoms with Gasteiger partial charge in [-0.15, -0.1) is 0 Å². The third-order valence-electron chi connectivity index (χ3n) is 4.50. The number of aryl methyl sites for hydroxylation is 1. The van der Waals surface area contributed by atoms with Crippen molar-refractivity contribution in [2.75, 3.05) is 25.0 Å². The summed E-state index contributed by atoms with van der Waals surface area (Å²) in [5, 5.41) is 3.41. The Hall–Kier alpha value is -2.89. The molecule has 3 rings (SSSR count). The minimum absolute atomic E-state index is 0.162. The Morgan fingerprint density at radius 2 is 1.92 bits per heavy atom. The van der Waals surface area contributed by atoms with Crippen molar-refractivity contribution in [3.63, 3.8) is 0 Å². The molecule has 0 aliphatic carbocycles. The molecule has 1 aromatic carbocycles. The van der Waals surface area contributed by atoms with Crippen molar-refractivity contribution < 1.29 is 4.79 Å². The third kappa shape index (κ3) is 3.69. The van der Waals surface area contributed by atoms with Crippen molar-refractivity contribution in [2.45, 2.75) is 27.2 Å². The Kier molecular flexibility index (Phi) is 5.51. The van der Waals surface area contributed by atoms with Gasteiger partial charge < -0.3 is 10.2 Å². The number of imidazole rings is 1. The van der Waals surface area contributed by atoms with Gasteiger partial charge in [0.15, 0.2) is 5.65 Å². The van der Waals surface area contributed by atoms with Crippen molar-refractivity contribution in [3.05, 3.63) is 48.4 Å². The number of nitrogens with one attached hydrogen (secondary N) is 1. The van der Waals surface area contributed by atoms with E-state index >= 15 is 0 Å². The average molecular weight is 351 g/mol. The van der Waals surface area contributed by atoms with Gasteiger partial charge in [0.1, 0.15) is 11.5 Å². The summed E-state index contributed by atoms with van der Waals surface area (Å²) in [6.45, 7) is 8.11. The Balaban J connectivity index is 1.85. The smallest absolute Gasteiger partial charge is 0.224 e. The molecule has 26 heavy (non-hydrogen) atoms. The highest BCUT2D eigenvalue weighted by Gasteiger charge is 2.15. The first-order valence-corrected chi connectivity index (χ1v) is 9.04. The molecule has 0 fully saturated rings. The summed E-state index contributed by atoms with van der Waals surface area (Å²) in [4.78, 5) is 23.0. The van der Waals surface area contributed by atoms with Gasteiger partial charge in [-0.1, -0.05) is 29.8 Å². The molecule has 0 aliphatic rings. The molecule has 0 saturated heterocycles. The molecule has 0 spiro atoms. The zero-order chi connectivity index (χ0) is 18.5. The highest BCUT2D eigenvalue weighted by Crippen LogP contribution is 2.28. The zero-order valence-corrected chi connectivity index (χ0v) is 15.6. The van der Waals surface area contributed by atoms with Crippen molar-refractivity contribution in [3.8, 4) is 11.3 Å². The third-order valence-corrected chi connectivity index (χ3v) is 4.50. The Morgan fingerprint density at radius 3 is 2.62 bits per heavy atom. The van der Waals surface area contributed by atoms with Crippen LogP contribution in [-0.4, -0.2) is 44.8 Å². The number of amides is 1. The maximum absolute atomic E-state index is 12.2. The average Bonchev–Trinajstić information content (AvgIpc) is 3.02. The molecule has 6 heteroatoms. The molecule has 0 radical (unpaired) electrons. The van der Waals surface area contributed by atoms with Crippen LogP contribution in [0.2, 0.25) is 0 Å². The van der Waals surface area contributed by atoms with Crippen molar-refractivity contribution in [1.82, 2.24) is 19.3 Å². The molecule has 0 saturated carbocycles. The highest BCUT2D eigenvalue weighted by atomic mass is 16.2. The molecule has 1 N–H and O–H groups in total. The van der Waals surface area contributed by atoms with Crippen LogP contribution in [0.15, 0.2) is 42.9 Å². The lowest BCUT2D eigenvalue weighted by atomic mass is 10.1. The minimum Gasteiger partial charge on any atom is -0.369 e. The number of rotatable bonds is 7. The highest BCUT2D eigenvalue weighted by molar-refractivity contribution is 5.78. The van der Waals surface area contributed by atoms with Gasteiger partial charge in [0.25, 0.3) is 0 Å². The van der Waals surface area contributed by atoms with Crippen LogP contribution < -0.4 is 5.32 Å². The van der Waals surface area contributed by atoms with Gasteiger partial charge in [-0.2, -0.15) is 0 Å². The first kappa shape index (κ1) is 17.9. The Morgan fingerprint density at radius 1 is 1.19 bits per heavy atom. The van der Waals surface area contributed by atoms with E-state index in [1.165, 1.54) is 5.56 Å². The van der Waals surface area contributed by atoms with Crippen molar-refractivity contribution >= 4 is 17.4 Å². The number of hydrogen-bond acceptors (Lipinski definition) is 4. The fourth-order valence-electron chi connectivity index (χ4n) is 3.01. The quantitative estimate of drug-likeness (QED) is 0.709. The van der Waals surface area contributed by atoms with Gasteiger partial charge in [0.2, 0.25) is 5.91 Å². The van der Waals surface area contributed by atoms with Crippen molar-refractivity contribution in [1.29, 1.82) is 0 Å². The lowest BCUT2D eigenvalue weighted by molar-refractivity contribution is -0.130. The largest absolute Gasteiger partial charge is 0.369 e. The number of benzene rings is 1. The predicted molar refractivity (Wildman–Crippen MR) is 104 cm³/mol. The fraction of sp³-hybridized carbons (Fsp3) is 0.350. The van der Waals surface area contributed by atoms with Gasteiger partial charge in [-0.3, -0.25) is 14.2 Å². The molecule has 136 valence electrons. The number of aromatic nitrogens is 3. The summed E-state index contributed by atoms with van der Waals surface area (Å²) >= 11 is 0. The summed E-state index contributed by atoms with van der Waals surface area (Å²) in [7, 11) is 0. The molecule has 2 aromatic heterocycles. The van der Waals surface area contributed by atoms with Crippen LogP contribution in [0.1, 0.15) is 25.8 Å². The van der Waals surface area contributed by atoms with Crippen LogP contribution in [0, 0.1) is 6.92 Å². The molecular formula is C20H25N5O. The molecular weight excluding hydrogens is 326 g/mol. The number of anilines is 1. The molecule has 0 bridgehead atoms. The molecule has 0 atom stereocenters. The van der Waals surface area contributed by atoms with Gasteiger partial charge in [0.05, 0.1) is 6.20 Å². The van der Waals surface area contributed by atoms with E-state index in [-0.39, 0.29) is 5.91 Å². The van der Waals surface area contributed by atoms with Crippen LogP contribution in [0.5, 0.6) is 0 Å². The van der Waals surface area contributed by atoms with Crippen LogP contribution in [0.25, 0.3) is 16.9 Å². The standard InChI is InChI=1S/C20H25N5O/c1-4-24(5-2)18(26)10-11-22-20-19(16-8-6-15(3)7-9-16)23-17-14-21-12-13-25(17)20/h6-9,12-14,22H,4-5,10-11H2,1-3H3. The van der Waals surface area contributed by atoms with E-state index in [0.717, 1.165) is 35.8 Å². The minimum atomic E-state index is 0.162. The number of fused-ring (bicyclic) bond motifs is 1. The monoisotopic (exact) mass is 351 g/mol. The molecule has 2 heterocycles. The summed E-state index contributed by atoms with van der Waals surface area (Å²) in [5.41, 5.74) is 3.89. The molecule has 0 unspecified atom stereocenters. The Labute approximate surface area is 153 Å². The van der Waals surface area contributed by atoms with Crippen LogP contribution >= 0.6 is 0 Å². The van der Waals surface area contributed by atoms with Gasteiger partial charge in [-0.05, 0) is 20.8 Å². The lowest BCUT2D eigenvalue weighted by Gasteiger charge is -2.18. The number of carbonyl (C=O) groups excluding carboxylic acids is 1. The molecule has 0 aliphatic heterocycles. The molecule has 3 aromatic rings. The number of hydrogen-bond donors (Lipinski definition) is 1. The second-order valence-electron chi connectivity index (χ2n) is 6.22. The maximum Gasteiger partial charge on any atom is 0.224 e.